The molecule has 0 aliphatic carbocycles. The number of phenolic OH excluding ortho intramolecular Hbond substituents is 1. The summed E-state index contributed by atoms with van der Waals surface area (Å²) in [6.07, 6.45) is 0. The van der Waals surface area contributed by atoms with Gasteiger partial charge in [-0.25, -0.2) is 0 Å². The van der Waals surface area contributed by atoms with Crippen LogP contribution in [0.25, 0.3) is 0 Å². The van der Waals surface area contributed by atoms with Gasteiger partial charge in [0.25, 0.3) is 5.91 Å². The zero-order valence-corrected chi connectivity index (χ0v) is 11.1. The number of phenols is 1. The number of likely N-dealkylation sites (tertiary alicyclic amines) is 1. The smallest absolute Gasteiger partial charge is 0.257 e. The van der Waals surface area contributed by atoms with Crippen molar-refractivity contribution in [3.63, 3.8) is 0 Å². The highest BCUT2D eigenvalue weighted by molar-refractivity contribution is 5.97. The predicted molar refractivity (Wildman–Crippen MR) is 70.5 cm³/mol. The SMILES string of the molecule is Cc1ccc(O)c(C(=O)N2CC(N)(C(C)C)C2)c1. The summed E-state index contributed by atoms with van der Waals surface area (Å²) in [7, 11) is 0. The number of carbonyl (C=O) groups excluding carboxylic acids is 1. The zero-order chi connectivity index (χ0) is 13.5. The summed E-state index contributed by atoms with van der Waals surface area (Å²) in [5, 5.41) is 9.73. The van der Waals surface area contributed by atoms with E-state index >= 15 is 0 Å². The lowest BCUT2D eigenvalue weighted by Gasteiger charge is -2.50. The summed E-state index contributed by atoms with van der Waals surface area (Å²) < 4.78 is 0. The summed E-state index contributed by atoms with van der Waals surface area (Å²) in [4.78, 5) is 13.9. The van der Waals surface area contributed by atoms with E-state index in [4.69, 9.17) is 5.73 Å². The first-order valence-electron chi connectivity index (χ1n) is 6.21. The number of hydrogen-bond donors (Lipinski definition) is 2. The molecular formula is C14H20N2O2. The molecule has 1 aromatic rings. The van der Waals surface area contributed by atoms with Crippen molar-refractivity contribution in [3.8, 4) is 5.75 Å². The molecule has 98 valence electrons. The summed E-state index contributed by atoms with van der Waals surface area (Å²) in [6, 6.07) is 5.05. The molecule has 2 rings (SSSR count). The normalized spacial score (nSPS) is 17.7. The number of nitrogens with two attached hydrogens (primary N) is 1. The number of nitrogens with zero attached hydrogens (tertiary/aromatic N) is 1. The molecule has 0 unspecified atom stereocenters. The van der Waals surface area contributed by atoms with Crippen LogP contribution < -0.4 is 5.73 Å². The van der Waals surface area contributed by atoms with Gasteiger partial charge in [0, 0.05) is 13.1 Å². The summed E-state index contributed by atoms with van der Waals surface area (Å²) in [6.45, 7) is 7.12. The second-order valence-electron chi connectivity index (χ2n) is 5.57. The number of amides is 1. The Kier molecular flexibility index (Phi) is 3.07. The molecular weight excluding hydrogens is 228 g/mol. The molecule has 3 N–H and O–H groups in total. The van der Waals surface area contributed by atoms with Crippen molar-refractivity contribution in [2.75, 3.05) is 13.1 Å². The van der Waals surface area contributed by atoms with Crippen molar-refractivity contribution in [1.29, 1.82) is 0 Å². The first-order valence-corrected chi connectivity index (χ1v) is 6.21. The third-order valence-corrected chi connectivity index (χ3v) is 3.79. The molecule has 0 radical (unpaired) electrons. The van der Waals surface area contributed by atoms with Crippen LogP contribution in [0, 0.1) is 12.8 Å². The maximum Gasteiger partial charge on any atom is 0.257 e. The molecule has 0 atom stereocenters. The first-order chi connectivity index (χ1) is 8.33. The predicted octanol–water partition coefficient (Wildman–Crippen LogP) is 1.51. The van der Waals surface area contributed by atoms with E-state index in [0.29, 0.717) is 24.6 Å². The van der Waals surface area contributed by atoms with Crippen molar-refractivity contribution >= 4 is 5.91 Å². The Labute approximate surface area is 107 Å². The Morgan fingerprint density at radius 2 is 2.06 bits per heavy atom. The maximum atomic E-state index is 12.2. The minimum atomic E-state index is -0.283. The molecule has 1 saturated heterocycles. The maximum absolute atomic E-state index is 12.2. The van der Waals surface area contributed by atoms with Crippen LogP contribution in [-0.2, 0) is 0 Å². The Morgan fingerprint density at radius 1 is 1.44 bits per heavy atom. The zero-order valence-electron chi connectivity index (χ0n) is 11.1. The Balaban J connectivity index is 2.13. The van der Waals surface area contributed by atoms with Gasteiger partial charge in [0.1, 0.15) is 5.75 Å². The second kappa shape index (κ2) is 4.28. The molecule has 1 aliphatic rings. The molecule has 1 fully saturated rings. The minimum Gasteiger partial charge on any atom is -0.507 e. The van der Waals surface area contributed by atoms with Crippen LogP contribution in [0.1, 0.15) is 29.8 Å². The quantitative estimate of drug-likeness (QED) is 0.833. The highest BCUT2D eigenvalue weighted by Gasteiger charge is 2.44. The fourth-order valence-corrected chi connectivity index (χ4v) is 2.16. The Morgan fingerprint density at radius 3 is 2.61 bits per heavy atom. The van der Waals surface area contributed by atoms with Crippen LogP contribution in [0.5, 0.6) is 5.75 Å². The fourth-order valence-electron chi connectivity index (χ4n) is 2.16. The number of benzene rings is 1. The van der Waals surface area contributed by atoms with Gasteiger partial charge in [-0.1, -0.05) is 25.5 Å². The van der Waals surface area contributed by atoms with Crippen LogP contribution in [0.3, 0.4) is 0 Å². The fraction of sp³-hybridized carbons (Fsp3) is 0.500. The molecule has 18 heavy (non-hydrogen) atoms. The summed E-state index contributed by atoms with van der Waals surface area (Å²) in [5.41, 5.74) is 7.20. The average molecular weight is 248 g/mol. The van der Waals surface area contributed by atoms with E-state index in [-0.39, 0.29) is 17.2 Å². The van der Waals surface area contributed by atoms with Crippen LogP contribution in [0.2, 0.25) is 0 Å². The van der Waals surface area contributed by atoms with Gasteiger partial charge in [-0.2, -0.15) is 0 Å². The van der Waals surface area contributed by atoms with Gasteiger partial charge >= 0.3 is 0 Å². The van der Waals surface area contributed by atoms with Crippen LogP contribution in [-0.4, -0.2) is 34.5 Å². The van der Waals surface area contributed by atoms with E-state index in [1.807, 2.05) is 6.92 Å². The van der Waals surface area contributed by atoms with E-state index in [0.717, 1.165) is 5.56 Å². The van der Waals surface area contributed by atoms with Crippen molar-refractivity contribution < 1.29 is 9.90 Å². The Hall–Kier alpha value is -1.55. The first kappa shape index (κ1) is 12.9. The van der Waals surface area contributed by atoms with Crippen LogP contribution in [0.15, 0.2) is 18.2 Å². The molecule has 1 aromatic carbocycles. The third-order valence-electron chi connectivity index (χ3n) is 3.79. The van der Waals surface area contributed by atoms with E-state index < -0.39 is 0 Å². The molecule has 1 heterocycles. The molecule has 1 aliphatic heterocycles. The summed E-state index contributed by atoms with van der Waals surface area (Å²) in [5.74, 6) is 0.232. The second-order valence-corrected chi connectivity index (χ2v) is 5.57. The summed E-state index contributed by atoms with van der Waals surface area (Å²) >= 11 is 0. The van der Waals surface area contributed by atoms with Gasteiger partial charge in [-0.15, -0.1) is 0 Å². The molecule has 0 aromatic heterocycles. The molecule has 4 heteroatoms. The molecule has 0 saturated carbocycles. The molecule has 0 spiro atoms. The van der Waals surface area contributed by atoms with Gasteiger partial charge in [0.2, 0.25) is 0 Å². The highest BCUT2D eigenvalue weighted by Crippen LogP contribution is 2.29. The van der Waals surface area contributed by atoms with Crippen LogP contribution in [0.4, 0.5) is 0 Å². The lowest BCUT2D eigenvalue weighted by atomic mass is 9.80. The van der Waals surface area contributed by atoms with Crippen molar-refractivity contribution in [2.45, 2.75) is 26.3 Å². The number of carbonyl (C=O) groups is 1. The van der Waals surface area contributed by atoms with E-state index in [1.165, 1.54) is 0 Å². The van der Waals surface area contributed by atoms with Gasteiger partial charge in [0.05, 0.1) is 11.1 Å². The van der Waals surface area contributed by atoms with Crippen molar-refractivity contribution in [3.05, 3.63) is 29.3 Å². The van der Waals surface area contributed by atoms with Crippen molar-refractivity contribution in [1.82, 2.24) is 4.90 Å². The van der Waals surface area contributed by atoms with E-state index in [1.54, 1.807) is 23.1 Å². The minimum absolute atomic E-state index is 0.0321. The van der Waals surface area contributed by atoms with Gasteiger partial charge < -0.3 is 15.7 Å². The largest absolute Gasteiger partial charge is 0.507 e. The number of rotatable bonds is 2. The number of aryl methyl sites for hydroxylation is 1. The molecule has 0 bridgehead atoms. The van der Waals surface area contributed by atoms with Crippen LogP contribution >= 0.6 is 0 Å². The highest BCUT2D eigenvalue weighted by atomic mass is 16.3. The van der Waals surface area contributed by atoms with E-state index in [9.17, 15) is 9.90 Å². The number of aromatic hydroxyl groups is 1. The van der Waals surface area contributed by atoms with Gasteiger partial charge in [0.15, 0.2) is 0 Å². The van der Waals surface area contributed by atoms with E-state index in [2.05, 4.69) is 13.8 Å². The Bertz CT molecular complexity index is 477. The number of hydrogen-bond acceptors (Lipinski definition) is 3. The topological polar surface area (TPSA) is 66.6 Å². The lowest BCUT2D eigenvalue weighted by molar-refractivity contribution is 0.0272. The standard InChI is InChI=1S/C14H20N2O2/c1-9(2)14(15)7-16(8-14)13(18)11-6-10(3)4-5-12(11)17/h4-6,9,17H,7-8,15H2,1-3H3. The monoisotopic (exact) mass is 248 g/mol. The van der Waals surface area contributed by atoms with Gasteiger partial charge in [-0.05, 0) is 25.0 Å². The van der Waals surface area contributed by atoms with Gasteiger partial charge in [-0.3, -0.25) is 4.79 Å². The average Bonchev–Trinajstić information content (AvgIpc) is 2.27. The van der Waals surface area contributed by atoms with Crippen molar-refractivity contribution in [2.24, 2.45) is 11.7 Å². The molecule has 4 nitrogen and oxygen atoms in total. The lowest BCUT2D eigenvalue weighted by Crippen LogP contribution is -2.71. The third kappa shape index (κ3) is 2.08. The molecule has 1 amide bonds.